The predicted molar refractivity (Wildman–Crippen MR) is 89.3 cm³/mol. The van der Waals surface area contributed by atoms with Gasteiger partial charge in [-0.3, -0.25) is 9.59 Å². The van der Waals surface area contributed by atoms with Crippen LogP contribution >= 0.6 is 11.3 Å². The van der Waals surface area contributed by atoms with Gasteiger partial charge in [-0.15, -0.1) is 0 Å². The summed E-state index contributed by atoms with van der Waals surface area (Å²) in [6, 6.07) is 12.1. The Labute approximate surface area is 139 Å². The summed E-state index contributed by atoms with van der Waals surface area (Å²) >= 11 is 1.53. The van der Waals surface area contributed by atoms with E-state index in [4.69, 9.17) is 4.74 Å². The first kappa shape index (κ1) is 15.7. The zero-order valence-electron chi connectivity index (χ0n) is 12.8. The number of benzene rings is 1. The zero-order chi connectivity index (χ0) is 16.1. The number of carbonyl (C=O) groups excluding carboxylic acids is 2. The maximum absolute atomic E-state index is 11.9. The van der Waals surface area contributed by atoms with E-state index < -0.39 is 0 Å². The van der Waals surface area contributed by atoms with Gasteiger partial charge in [0.15, 0.2) is 6.61 Å². The average Bonchev–Trinajstić information content (AvgIpc) is 3.21. The van der Waals surface area contributed by atoms with Crippen LogP contribution < -0.4 is 5.32 Å². The van der Waals surface area contributed by atoms with Gasteiger partial charge in [0.05, 0.1) is 6.42 Å². The first-order valence-corrected chi connectivity index (χ1v) is 8.61. The monoisotopic (exact) mass is 329 g/mol. The second kappa shape index (κ2) is 6.96. The molecule has 1 fully saturated rings. The van der Waals surface area contributed by atoms with Gasteiger partial charge in [-0.05, 0) is 40.8 Å². The molecule has 1 saturated carbocycles. The van der Waals surface area contributed by atoms with Crippen molar-refractivity contribution in [2.24, 2.45) is 0 Å². The largest absolute Gasteiger partial charge is 0.455 e. The van der Waals surface area contributed by atoms with Crippen molar-refractivity contribution < 1.29 is 14.3 Å². The number of hydrogen-bond acceptors (Lipinski definition) is 4. The van der Waals surface area contributed by atoms with Crippen molar-refractivity contribution >= 4 is 23.2 Å². The van der Waals surface area contributed by atoms with Crippen LogP contribution in [-0.4, -0.2) is 25.0 Å². The zero-order valence-corrected chi connectivity index (χ0v) is 13.6. The van der Waals surface area contributed by atoms with Gasteiger partial charge in [-0.25, -0.2) is 0 Å². The number of thiophene rings is 1. The van der Waals surface area contributed by atoms with Gasteiger partial charge in [-0.1, -0.05) is 30.3 Å². The Morgan fingerprint density at radius 2 is 1.96 bits per heavy atom. The van der Waals surface area contributed by atoms with Crippen LogP contribution in [0.1, 0.15) is 24.0 Å². The van der Waals surface area contributed by atoms with E-state index in [1.54, 1.807) is 0 Å². The Morgan fingerprint density at radius 1 is 1.17 bits per heavy atom. The lowest BCUT2D eigenvalue weighted by molar-refractivity contribution is -0.147. The number of esters is 1. The van der Waals surface area contributed by atoms with Crippen LogP contribution in [0.4, 0.5) is 0 Å². The SMILES string of the molecule is O=C(COC(=O)Cc1ccsc1)NCC1(c2ccccc2)CC1. The third kappa shape index (κ3) is 4.20. The molecule has 4 nitrogen and oxygen atoms in total. The summed E-state index contributed by atoms with van der Waals surface area (Å²) in [6.07, 6.45) is 2.37. The smallest absolute Gasteiger partial charge is 0.310 e. The van der Waals surface area contributed by atoms with Crippen LogP contribution in [0.5, 0.6) is 0 Å². The summed E-state index contributed by atoms with van der Waals surface area (Å²) in [4.78, 5) is 23.5. The molecule has 1 N–H and O–H groups in total. The first-order chi connectivity index (χ1) is 11.2. The summed E-state index contributed by atoms with van der Waals surface area (Å²) in [5.74, 6) is -0.617. The van der Waals surface area contributed by atoms with Crippen molar-refractivity contribution in [2.45, 2.75) is 24.7 Å². The Kier molecular flexibility index (Phi) is 4.76. The van der Waals surface area contributed by atoms with Crippen molar-refractivity contribution in [3.63, 3.8) is 0 Å². The molecule has 0 bridgehead atoms. The van der Waals surface area contributed by atoms with E-state index in [1.165, 1.54) is 16.9 Å². The van der Waals surface area contributed by atoms with Crippen LogP contribution in [-0.2, 0) is 26.2 Å². The molecule has 0 radical (unpaired) electrons. The fourth-order valence-electron chi connectivity index (χ4n) is 2.59. The number of carbonyl (C=O) groups is 2. The number of rotatable bonds is 7. The molecule has 1 aromatic heterocycles. The highest BCUT2D eigenvalue weighted by Gasteiger charge is 2.44. The highest BCUT2D eigenvalue weighted by molar-refractivity contribution is 7.07. The van der Waals surface area contributed by atoms with Gasteiger partial charge in [0, 0.05) is 12.0 Å². The summed E-state index contributed by atoms with van der Waals surface area (Å²) < 4.78 is 5.02. The molecular weight excluding hydrogens is 310 g/mol. The van der Waals surface area contributed by atoms with Crippen LogP contribution in [0.3, 0.4) is 0 Å². The van der Waals surface area contributed by atoms with Gasteiger partial charge in [0.2, 0.25) is 0 Å². The van der Waals surface area contributed by atoms with E-state index in [0.717, 1.165) is 18.4 Å². The molecule has 0 spiro atoms. The molecule has 0 aliphatic heterocycles. The number of amides is 1. The highest BCUT2D eigenvalue weighted by Crippen LogP contribution is 2.47. The molecule has 0 saturated heterocycles. The minimum atomic E-state index is -0.372. The molecule has 1 aliphatic carbocycles. The molecule has 1 aliphatic rings. The molecule has 2 aromatic rings. The van der Waals surface area contributed by atoms with Gasteiger partial charge >= 0.3 is 5.97 Å². The quantitative estimate of drug-likeness (QED) is 0.795. The summed E-state index contributed by atoms with van der Waals surface area (Å²) in [7, 11) is 0. The summed E-state index contributed by atoms with van der Waals surface area (Å²) in [5.41, 5.74) is 2.24. The van der Waals surface area contributed by atoms with Crippen molar-refractivity contribution in [3.05, 3.63) is 58.3 Å². The maximum atomic E-state index is 11.9. The van der Waals surface area contributed by atoms with E-state index in [1.807, 2.05) is 35.0 Å². The molecule has 1 amide bonds. The topological polar surface area (TPSA) is 55.4 Å². The Balaban J connectivity index is 1.41. The molecule has 0 unspecified atom stereocenters. The van der Waals surface area contributed by atoms with Crippen molar-refractivity contribution in [3.8, 4) is 0 Å². The molecule has 1 aromatic carbocycles. The molecule has 0 atom stereocenters. The predicted octanol–water partition coefficient (Wildman–Crippen LogP) is 2.68. The van der Waals surface area contributed by atoms with Gasteiger partial charge in [0.25, 0.3) is 5.91 Å². The molecule has 23 heavy (non-hydrogen) atoms. The Hall–Kier alpha value is -2.14. The third-order valence-corrected chi connectivity index (χ3v) is 4.89. The molecular formula is C18H19NO3S. The second-order valence-corrected chi connectivity index (χ2v) is 6.67. The number of ether oxygens (including phenoxy) is 1. The van der Waals surface area contributed by atoms with E-state index in [-0.39, 0.29) is 30.3 Å². The summed E-state index contributed by atoms with van der Waals surface area (Å²) in [6.45, 7) is 0.381. The third-order valence-electron chi connectivity index (χ3n) is 4.16. The standard InChI is InChI=1S/C18H19NO3S/c20-16(11-22-17(21)10-14-6-9-23-12-14)19-13-18(7-8-18)15-4-2-1-3-5-15/h1-6,9,12H,7-8,10-11,13H2,(H,19,20). The van der Waals surface area contributed by atoms with E-state index >= 15 is 0 Å². The van der Waals surface area contributed by atoms with E-state index in [2.05, 4.69) is 17.4 Å². The molecule has 3 rings (SSSR count). The van der Waals surface area contributed by atoms with Crippen molar-refractivity contribution in [1.82, 2.24) is 5.32 Å². The fraction of sp³-hybridized carbons (Fsp3) is 0.333. The minimum absolute atomic E-state index is 0.0671. The first-order valence-electron chi connectivity index (χ1n) is 7.67. The Morgan fingerprint density at radius 3 is 2.61 bits per heavy atom. The van der Waals surface area contributed by atoms with Gasteiger partial charge in [0.1, 0.15) is 0 Å². The molecule has 1 heterocycles. The van der Waals surface area contributed by atoms with Gasteiger partial charge in [-0.2, -0.15) is 11.3 Å². The lowest BCUT2D eigenvalue weighted by Gasteiger charge is -2.16. The average molecular weight is 329 g/mol. The number of hydrogen-bond donors (Lipinski definition) is 1. The van der Waals surface area contributed by atoms with Crippen molar-refractivity contribution in [1.29, 1.82) is 0 Å². The lowest BCUT2D eigenvalue weighted by Crippen LogP contribution is -2.35. The van der Waals surface area contributed by atoms with Crippen LogP contribution in [0.15, 0.2) is 47.2 Å². The van der Waals surface area contributed by atoms with Crippen LogP contribution in [0.2, 0.25) is 0 Å². The van der Waals surface area contributed by atoms with Crippen LogP contribution in [0.25, 0.3) is 0 Å². The fourth-order valence-corrected chi connectivity index (χ4v) is 3.25. The molecule has 120 valence electrons. The van der Waals surface area contributed by atoms with Gasteiger partial charge < -0.3 is 10.1 Å². The molecule has 5 heteroatoms. The van der Waals surface area contributed by atoms with E-state index in [0.29, 0.717) is 6.54 Å². The highest BCUT2D eigenvalue weighted by atomic mass is 32.1. The van der Waals surface area contributed by atoms with Crippen molar-refractivity contribution in [2.75, 3.05) is 13.2 Å². The number of nitrogens with one attached hydrogen (secondary N) is 1. The summed E-state index contributed by atoms with van der Waals surface area (Å²) in [5, 5.41) is 6.70. The maximum Gasteiger partial charge on any atom is 0.310 e. The normalized spacial score (nSPS) is 15.0. The minimum Gasteiger partial charge on any atom is -0.455 e. The van der Waals surface area contributed by atoms with Crippen LogP contribution in [0, 0.1) is 0 Å². The Bertz CT molecular complexity index is 663. The van der Waals surface area contributed by atoms with E-state index in [9.17, 15) is 9.59 Å². The lowest BCUT2D eigenvalue weighted by atomic mass is 9.96. The second-order valence-electron chi connectivity index (χ2n) is 5.89.